The largest absolute Gasteiger partial charge is 0.462 e. The molecule has 64 heavy (non-hydrogen) atoms. The zero-order valence-corrected chi connectivity index (χ0v) is 38.9. The second-order valence-electron chi connectivity index (χ2n) is 23.1. The van der Waals surface area contributed by atoms with Gasteiger partial charge in [0.2, 0.25) is 0 Å². The van der Waals surface area contributed by atoms with Gasteiger partial charge in [-0.2, -0.15) is 0 Å². The summed E-state index contributed by atoms with van der Waals surface area (Å²) in [7, 11) is 0. The lowest BCUT2D eigenvalue weighted by Crippen LogP contribution is -2.56. The average Bonchev–Trinajstić information content (AvgIpc) is 3.69. The fourth-order valence-electron chi connectivity index (χ4n) is 16.9. The monoisotopic (exact) mass is 879 g/mol. The molecule has 8 fully saturated rings. The molecule has 0 heterocycles. The van der Waals surface area contributed by atoms with Crippen LogP contribution in [-0.2, 0) is 19.1 Å². The predicted octanol–water partition coefficient (Wildman–Crippen LogP) is 11.2. The Bertz CT molecular complexity index is 2030. The Balaban J connectivity index is 0.862. The number of ether oxygens (including phenoxy) is 2. The average molecular weight is 879 g/mol. The zero-order chi connectivity index (χ0) is 45.5. The van der Waals surface area contributed by atoms with Crippen molar-refractivity contribution >= 4 is 11.9 Å². The second kappa shape index (κ2) is 16.7. The Labute approximate surface area is 381 Å². The smallest absolute Gasteiger partial charge is 0.309 e. The molecule has 6 nitrogen and oxygen atoms in total. The highest BCUT2D eigenvalue weighted by Gasteiger charge is 2.66. The molecule has 0 unspecified atom stereocenters. The molecule has 16 atom stereocenters. The van der Waals surface area contributed by atoms with E-state index in [4.69, 9.17) is 9.47 Å². The Morgan fingerprint density at radius 2 is 1.00 bits per heavy atom. The molecule has 0 radical (unpaired) electrons. The molecule has 0 spiro atoms. The van der Waals surface area contributed by atoms with Crippen LogP contribution in [0.5, 0.6) is 0 Å². The fourth-order valence-corrected chi connectivity index (χ4v) is 16.9. The molecular weight excluding hydrogens is 807 g/mol. The summed E-state index contributed by atoms with van der Waals surface area (Å²) in [6.45, 7) is 16.6. The van der Waals surface area contributed by atoms with E-state index in [0.717, 1.165) is 103 Å². The van der Waals surface area contributed by atoms with E-state index in [2.05, 4.69) is 64.5 Å². The van der Waals surface area contributed by atoms with Gasteiger partial charge >= 0.3 is 11.9 Å². The van der Waals surface area contributed by atoms with Crippen LogP contribution >= 0.6 is 0 Å². The van der Waals surface area contributed by atoms with E-state index in [9.17, 15) is 19.8 Å². The zero-order valence-electron chi connectivity index (χ0n) is 38.9. The van der Waals surface area contributed by atoms with Crippen LogP contribution in [0, 0.1) is 104 Å². The second-order valence-corrected chi connectivity index (χ2v) is 23.1. The molecule has 0 saturated heterocycles. The molecule has 8 heteroatoms. The van der Waals surface area contributed by atoms with Crippen LogP contribution in [0.4, 0.5) is 8.78 Å². The molecule has 8 aliphatic rings. The summed E-state index contributed by atoms with van der Waals surface area (Å²) in [6, 6.07) is 2.95. The number of halogens is 2. The van der Waals surface area contributed by atoms with Crippen LogP contribution in [0.25, 0.3) is 0 Å². The molecule has 8 aliphatic carbocycles. The minimum atomic E-state index is -1.31. The maximum absolute atomic E-state index is 15.9. The van der Waals surface area contributed by atoms with Gasteiger partial charge in [-0.3, -0.25) is 9.59 Å². The van der Waals surface area contributed by atoms with Gasteiger partial charge in [0.1, 0.15) is 23.4 Å². The highest BCUT2D eigenvalue weighted by molar-refractivity contribution is 5.71. The number of hydrogen-bond donors (Lipinski definition) is 2. The van der Waals surface area contributed by atoms with Gasteiger partial charge in [-0.05, 0) is 186 Å². The van der Waals surface area contributed by atoms with Gasteiger partial charge in [-0.1, -0.05) is 63.5 Å². The van der Waals surface area contributed by atoms with Crippen LogP contribution in [0.3, 0.4) is 0 Å². The quantitative estimate of drug-likeness (QED) is 0.168. The lowest BCUT2D eigenvalue weighted by atomic mass is 9.44. The fraction of sp³-hybridized carbons (Fsp3) is 0.714. The third-order valence-electron chi connectivity index (χ3n) is 20.6. The predicted molar refractivity (Wildman–Crippen MR) is 243 cm³/mol. The van der Waals surface area contributed by atoms with Crippen molar-refractivity contribution in [2.45, 2.75) is 180 Å². The minimum absolute atomic E-state index is 0.0280. The van der Waals surface area contributed by atoms with E-state index in [-0.39, 0.29) is 58.9 Å². The molecular formula is C56H72F2O6. The first-order valence-electron chi connectivity index (χ1n) is 25.0. The van der Waals surface area contributed by atoms with Crippen molar-refractivity contribution in [1.29, 1.82) is 0 Å². The number of esters is 2. The number of hydrogen-bond acceptors (Lipinski definition) is 6. The van der Waals surface area contributed by atoms with Gasteiger partial charge in [0.05, 0.1) is 24.0 Å². The third-order valence-corrected chi connectivity index (χ3v) is 20.6. The maximum atomic E-state index is 15.9. The van der Waals surface area contributed by atoms with E-state index in [1.54, 1.807) is 12.2 Å². The summed E-state index contributed by atoms with van der Waals surface area (Å²) >= 11 is 0. The summed E-state index contributed by atoms with van der Waals surface area (Å²) in [5, 5.41) is 24.6. The summed E-state index contributed by atoms with van der Waals surface area (Å²) in [6.07, 6.45) is 20.0. The highest BCUT2D eigenvalue weighted by Crippen LogP contribution is 2.70. The molecule has 8 saturated carbocycles. The number of fused-ring (bicyclic) bond motifs is 10. The van der Waals surface area contributed by atoms with Crippen LogP contribution in [0.15, 0.2) is 37.4 Å². The van der Waals surface area contributed by atoms with Crippen molar-refractivity contribution in [2.24, 2.45) is 69.0 Å². The normalized spacial score (nSPS) is 45.2. The Morgan fingerprint density at radius 1 is 0.609 bits per heavy atom. The van der Waals surface area contributed by atoms with Crippen LogP contribution in [-0.4, -0.2) is 45.6 Å². The lowest BCUT2D eigenvalue weighted by Gasteiger charge is -2.61. The van der Waals surface area contributed by atoms with Crippen molar-refractivity contribution in [2.75, 3.05) is 0 Å². The molecule has 1 aromatic carbocycles. The molecule has 0 bridgehead atoms. The molecule has 1 aromatic rings. The van der Waals surface area contributed by atoms with Gasteiger partial charge in [0.25, 0.3) is 0 Å². The number of benzene rings is 1. The number of carbonyl (C=O) groups is 2. The van der Waals surface area contributed by atoms with E-state index in [1.165, 1.54) is 12.1 Å². The van der Waals surface area contributed by atoms with E-state index in [1.807, 2.05) is 0 Å². The first kappa shape index (κ1) is 45.7. The van der Waals surface area contributed by atoms with Crippen LogP contribution in [0.2, 0.25) is 0 Å². The SMILES string of the molecule is C=CCC(=O)O[C@@H]1CC[C@@]2(C)[C@@H](CC[C@@H]3[C@@H]2CC[C@@]2(C)[C@H]3CC[C@@]2(O)C#Cc2ccc(C#C[C@]3(O)CC[C@H]4[C@@H]5CC[C@H]6C[C@H](OC(=O)CC=C)CC[C@]6(C)[C@H]5CC[C@@]43C)c(F)c2F)C1. The number of carbonyl (C=O) groups excluding carboxylic acids is 2. The van der Waals surface area contributed by atoms with Crippen LogP contribution in [0.1, 0.15) is 167 Å². The van der Waals surface area contributed by atoms with Crippen molar-refractivity contribution in [3.63, 3.8) is 0 Å². The Morgan fingerprint density at radius 3 is 1.39 bits per heavy atom. The summed E-state index contributed by atoms with van der Waals surface area (Å²) < 4.78 is 43.5. The van der Waals surface area contributed by atoms with Gasteiger partial charge in [0, 0.05) is 10.8 Å². The number of rotatable bonds is 6. The van der Waals surface area contributed by atoms with Crippen molar-refractivity contribution in [1.82, 2.24) is 0 Å². The Hall–Kier alpha value is -3.46. The molecule has 9 rings (SSSR count). The van der Waals surface area contributed by atoms with Crippen molar-refractivity contribution in [3.05, 3.63) is 60.2 Å². The first-order chi connectivity index (χ1) is 30.4. The molecule has 0 aliphatic heterocycles. The first-order valence-corrected chi connectivity index (χ1v) is 25.0. The number of aliphatic hydroxyl groups is 2. The highest BCUT2D eigenvalue weighted by atomic mass is 19.2. The Kier molecular flexibility index (Phi) is 11.9. The van der Waals surface area contributed by atoms with E-state index < -0.39 is 33.7 Å². The van der Waals surface area contributed by atoms with Gasteiger partial charge in [0.15, 0.2) is 11.6 Å². The topological polar surface area (TPSA) is 93.1 Å². The van der Waals surface area contributed by atoms with Gasteiger partial charge in [-0.25, -0.2) is 8.78 Å². The minimum Gasteiger partial charge on any atom is -0.462 e. The van der Waals surface area contributed by atoms with Gasteiger partial charge < -0.3 is 19.7 Å². The third kappa shape index (κ3) is 7.25. The lowest BCUT2D eigenvalue weighted by molar-refractivity contribution is -0.165. The molecule has 0 amide bonds. The van der Waals surface area contributed by atoms with Crippen molar-refractivity contribution in [3.8, 4) is 23.7 Å². The maximum Gasteiger partial charge on any atom is 0.309 e. The van der Waals surface area contributed by atoms with Crippen LogP contribution < -0.4 is 0 Å². The molecule has 346 valence electrons. The van der Waals surface area contributed by atoms with E-state index >= 15 is 8.78 Å². The van der Waals surface area contributed by atoms with Gasteiger partial charge in [-0.15, -0.1) is 13.2 Å². The summed E-state index contributed by atoms with van der Waals surface area (Å²) in [5.74, 6) is 13.1. The summed E-state index contributed by atoms with van der Waals surface area (Å²) in [4.78, 5) is 24.5. The van der Waals surface area contributed by atoms with Crippen molar-refractivity contribution < 1.29 is 38.1 Å². The standard InChI is InChI=1S/C56H72F2O6/c1-7-9-47(59)63-39-19-25-51(3)37(33-39)13-15-41-43(51)21-27-53(5)45(41)23-31-55(53,61)29-17-35-11-12-36(50(58)49(35)57)18-30-56(62)32-24-46-42-16-14-38-34-40(64-48(60)10-8-2)20-26-52(38,4)44(42)22-28-54(46,56)6/h7-8,11-12,37-46,61-62H,1-2,9-10,13-16,19-28,31-34H2,3-6H3/t37-,38-,39+,40+,41+,42+,43-,44-,45-,46-,51-,52-,53-,54-,55-,56-/m0/s1. The molecule has 0 aromatic heterocycles. The van der Waals surface area contributed by atoms with E-state index in [0.29, 0.717) is 60.2 Å². The molecule has 2 N–H and O–H groups in total. The summed E-state index contributed by atoms with van der Waals surface area (Å²) in [5.41, 5.74) is -3.38.